The molecule has 1 aromatic heterocycles. The highest BCUT2D eigenvalue weighted by molar-refractivity contribution is 7.91. The summed E-state index contributed by atoms with van der Waals surface area (Å²) < 4.78 is 33.1. The van der Waals surface area contributed by atoms with Crippen LogP contribution in [-0.4, -0.2) is 33.7 Å². The minimum Gasteiger partial charge on any atom is -0.381 e. The van der Waals surface area contributed by atoms with E-state index in [1.54, 1.807) is 18.4 Å². The number of nitrogens with two attached hydrogens (primary N) is 1. The van der Waals surface area contributed by atoms with Gasteiger partial charge in [0.05, 0.1) is 0 Å². The summed E-state index contributed by atoms with van der Waals surface area (Å²) in [7, 11) is -3.48. The lowest BCUT2D eigenvalue weighted by Crippen LogP contribution is -2.56. The van der Waals surface area contributed by atoms with Gasteiger partial charge in [0.2, 0.25) is 0 Å². The second-order valence-corrected chi connectivity index (χ2v) is 7.39. The molecule has 0 spiro atoms. The number of ether oxygens (including phenoxy) is 1. The summed E-state index contributed by atoms with van der Waals surface area (Å²) in [6.45, 7) is 3.18. The smallest absolute Gasteiger partial charge is 0.250 e. The molecule has 0 saturated carbocycles. The van der Waals surface area contributed by atoms with Crippen molar-refractivity contribution in [3.05, 3.63) is 17.0 Å². The zero-order valence-electron chi connectivity index (χ0n) is 10.3. The van der Waals surface area contributed by atoms with Crippen molar-refractivity contribution in [2.45, 2.75) is 29.5 Å². The first kappa shape index (κ1) is 14.0. The monoisotopic (exact) mass is 290 g/mol. The summed E-state index contributed by atoms with van der Waals surface area (Å²) >= 11 is 1.23. The fourth-order valence-corrected chi connectivity index (χ4v) is 4.97. The molecule has 0 bridgehead atoms. The molecule has 1 aromatic rings. The molecule has 5 nitrogen and oxygen atoms in total. The first-order valence-electron chi connectivity index (χ1n) is 5.85. The highest BCUT2D eigenvalue weighted by atomic mass is 32.2. The maximum absolute atomic E-state index is 12.3. The number of aryl methyl sites for hydroxylation is 1. The van der Waals surface area contributed by atoms with E-state index in [-0.39, 0.29) is 0 Å². The third-order valence-electron chi connectivity index (χ3n) is 3.25. The Kier molecular flexibility index (Phi) is 4.08. The number of rotatable bonds is 4. The summed E-state index contributed by atoms with van der Waals surface area (Å²) in [6.07, 6.45) is 1.24. The zero-order chi connectivity index (χ0) is 13.2. The van der Waals surface area contributed by atoms with Crippen LogP contribution in [0.15, 0.2) is 15.7 Å². The topological polar surface area (TPSA) is 81.4 Å². The first-order chi connectivity index (χ1) is 8.49. The van der Waals surface area contributed by atoms with Crippen molar-refractivity contribution in [1.29, 1.82) is 0 Å². The van der Waals surface area contributed by atoms with E-state index in [9.17, 15) is 8.42 Å². The van der Waals surface area contributed by atoms with E-state index < -0.39 is 15.6 Å². The van der Waals surface area contributed by atoms with Crippen LogP contribution < -0.4 is 10.5 Å². The van der Waals surface area contributed by atoms with Gasteiger partial charge in [-0.1, -0.05) is 0 Å². The Hall–Kier alpha value is -0.470. The van der Waals surface area contributed by atoms with Crippen molar-refractivity contribution in [2.24, 2.45) is 5.73 Å². The van der Waals surface area contributed by atoms with Crippen molar-refractivity contribution in [3.63, 3.8) is 0 Å². The Labute approximate surface area is 111 Å². The summed E-state index contributed by atoms with van der Waals surface area (Å²) in [5.74, 6) is 0. The molecule has 2 rings (SSSR count). The molecule has 1 fully saturated rings. The number of thiophene rings is 1. The Morgan fingerprint density at radius 1 is 1.50 bits per heavy atom. The molecular weight excluding hydrogens is 272 g/mol. The maximum atomic E-state index is 12.3. The van der Waals surface area contributed by atoms with Gasteiger partial charge in [0, 0.05) is 25.3 Å². The lowest BCUT2D eigenvalue weighted by atomic mass is 9.92. The Balaban J connectivity index is 2.24. The summed E-state index contributed by atoms with van der Waals surface area (Å²) in [6, 6.07) is 1.80. The van der Waals surface area contributed by atoms with Crippen LogP contribution in [0.25, 0.3) is 0 Å². The molecule has 1 aliphatic rings. The zero-order valence-corrected chi connectivity index (χ0v) is 11.9. The minimum atomic E-state index is -3.48. The Bertz CT molecular complexity index is 504. The molecular formula is C11H18N2O3S2. The highest BCUT2D eigenvalue weighted by Gasteiger charge is 2.36. The maximum Gasteiger partial charge on any atom is 0.250 e. The molecule has 0 aliphatic carbocycles. The van der Waals surface area contributed by atoms with Gasteiger partial charge in [0.15, 0.2) is 0 Å². The van der Waals surface area contributed by atoms with Crippen molar-refractivity contribution in [2.75, 3.05) is 19.8 Å². The average molecular weight is 290 g/mol. The fraction of sp³-hybridized carbons (Fsp3) is 0.636. The summed E-state index contributed by atoms with van der Waals surface area (Å²) in [5.41, 5.74) is 5.97. The first-order valence-corrected chi connectivity index (χ1v) is 8.21. The molecule has 3 N–H and O–H groups in total. The van der Waals surface area contributed by atoms with Gasteiger partial charge in [0.25, 0.3) is 10.0 Å². The predicted molar refractivity (Wildman–Crippen MR) is 71.2 cm³/mol. The minimum absolute atomic E-state index is 0.292. The van der Waals surface area contributed by atoms with E-state index in [1.165, 1.54) is 11.3 Å². The Morgan fingerprint density at radius 2 is 2.17 bits per heavy atom. The molecule has 0 amide bonds. The lowest BCUT2D eigenvalue weighted by Gasteiger charge is -2.36. The van der Waals surface area contributed by atoms with Gasteiger partial charge in [-0.25, -0.2) is 13.1 Å². The lowest BCUT2D eigenvalue weighted by molar-refractivity contribution is 0.0502. The average Bonchev–Trinajstić information content (AvgIpc) is 2.77. The second-order valence-electron chi connectivity index (χ2n) is 4.59. The van der Waals surface area contributed by atoms with Crippen LogP contribution in [0, 0.1) is 6.92 Å². The number of sulfonamides is 1. The molecule has 1 aliphatic heterocycles. The van der Waals surface area contributed by atoms with Gasteiger partial charge in [-0.05, 0) is 36.8 Å². The third kappa shape index (κ3) is 2.75. The van der Waals surface area contributed by atoms with Gasteiger partial charge < -0.3 is 10.5 Å². The van der Waals surface area contributed by atoms with Crippen LogP contribution in [0.3, 0.4) is 0 Å². The SMILES string of the molecule is Cc1ccsc1S(=O)(=O)NC1(CN)CCOCC1. The molecule has 2 heterocycles. The normalized spacial score (nSPS) is 19.9. The highest BCUT2D eigenvalue weighted by Crippen LogP contribution is 2.26. The summed E-state index contributed by atoms with van der Waals surface area (Å²) in [5, 5.41) is 1.78. The van der Waals surface area contributed by atoms with E-state index >= 15 is 0 Å². The third-order valence-corrected chi connectivity index (χ3v) is 6.52. The Morgan fingerprint density at radius 3 is 2.67 bits per heavy atom. The predicted octanol–water partition coefficient (Wildman–Crippen LogP) is 0.843. The van der Waals surface area contributed by atoms with Crippen molar-refractivity contribution < 1.29 is 13.2 Å². The quantitative estimate of drug-likeness (QED) is 0.861. The van der Waals surface area contributed by atoms with Crippen LogP contribution in [0.5, 0.6) is 0 Å². The molecule has 18 heavy (non-hydrogen) atoms. The van der Waals surface area contributed by atoms with E-state index in [2.05, 4.69) is 4.72 Å². The van der Waals surface area contributed by atoms with E-state index in [0.29, 0.717) is 36.8 Å². The molecule has 0 atom stereocenters. The number of hydrogen-bond acceptors (Lipinski definition) is 5. The summed E-state index contributed by atoms with van der Waals surface area (Å²) in [4.78, 5) is 0. The largest absolute Gasteiger partial charge is 0.381 e. The van der Waals surface area contributed by atoms with Crippen molar-refractivity contribution in [3.8, 4) is 0 Å². The van der Waals surface area contributed by atoms with Gasteiger partial charge >= 0.3 is 0 Å². The van der Waals surface area contributed by atoms with Gasteiger partial charge in [-0.15, -0.1) is 11.3 Å². The standard InChI is InChI=1S/C11H18N2O3S2/c1-9-2-7-17-10(9)18(14,15)13-11(8-12)3-5-16-6-4-11/h2,7,13H,3-6,8,12H2,1H3. The van der Waals surface area contributed by atoms with Gasteiger partial charge in [-0.2, -0.15) is 0 Å². The van der Waals surface area contributed by atoms with Crippen LogP contribution in [-0.2, 0) is 14.8 Å². The second kappa shape index (κ2) is 5.26. The molecule has 0 radical (unpaired) electrons. The molecule has 102 valence electrons. The molecule has 0 aromatic carbocycles. The number of nitrogens with one attached hydrogen (secondary N) is 1. The molecule has 1 saturated heterocycles. The van der Waals surface area contributed by atoms with Crippen molar-refractivity contribution in [1.82, 2.24) is 4.72 Å². The van der Waals surface area contributed by atoms with Crippen LogP contribution >= 0.6 is 11.3 Å². The van der Waals surface area contributed by atoms with Crippen LogP contribution in [0.4, 0.5) is 0 Å². The van der Waals surface area contributed by atoms with Crippen LogP contribution in [0.1, 0.15) is 18.4 Å². The van der Waals surface area contributed by atoms with Crippen LogP contribution in [0.2, 0.25) is 0 Å². The van der Waals surface area contributed by atoms with Gasteiger partial charge in [0.1, 0.15) is 4.21 Å². The van der Waals surface area contributed by atoms with Crippen molar-refractivity contribution >= 4 is 21.4 Å². The van der Waals surface area contributed by atoms with E-state index in [1.807, 2.05) is 0 Å². The molecule has 7 heteroatoms. The van der Waals surface area contributed by atoms with E-state index in [0.717, 1.165) is 5.56 Å². The molecule has 0 unspecified atom stereocenters. The van der Waals surface area contributed by atoms with Gasteiger partial charge in [-0.3, -0.25) is 0 Å². The van der Waals surface area contributed by atoms with E-state index in [4.69, 9.17) is 10.5 Å². The number of hydrogen-bond donors (Lipinski definition) is 2. The fourth-order valence-electron chi connectivity index (χ4n) is 2.08.